The Morgan fingerprint density at radius 3 is 2.33 bits per heavy atom. The number of nitrogens with zero attached hydrogens (tertiary/aromatic N) is 6. The van der Waals surface area contributed by atoms with Crippen LogP contribution in [0, 0.1) is 0 Å². The van der Waals surface area contributed by atoms with Crippen molar-refractivity contribution >= 4 is 17.7 Å². The summed E-state index contributed by atoms with van der Waals surface area (Å²) in [6.07, 6.45) is 3.43. The minimum absolute atomic E-state index is 0.131. The minimum atomic E-state index is -0.131. The zero-order valence-electron chi connectivity index (χ0n) is 14.7. The van der Waals surface area contributed by atoms with Gasteiger partial charge in [0.2, 0.25) is 5.95 Å². The van der Waals surface area contributed by atoms with Crippen LogP contribution in [0.1, 0.15) is 10.4 Å². The predicted molar refractivity (Wildman–Crippen MR) is 102 cm³/mol. The second kappa shape index (κ2) is 7.36. The van der Waals surface area contributed by atoms with Crippen LogP contribution in [0.25, 0.3) is 11.3 Å². The molecule has 0 spiro atoms. The summed E-state index contributed by atoms with van der Waals surface area (Å²) in [6.45, 7) is 2.47. The highest BCUT2D eigenvalue weighted by Crippen LogP contribution is 2.21. The molecule has 0 atom stereocenters. The summed E-state index contributed by atoms with van der Waals surface area (Å²) in [5.74, 6) is 0.697. The number of amides is 1. The Morgan fingerprint density at radius 2 is 1.63 bits per heavy atom. The number of benzene rings is 1. The quantitative estimate of drug-likeness (QED) is 0.754. The molecule has 27 heavy (non-hydrogen) atoms. The van der Waals surface area contributed by atoms with Gasteiger partial charge in [0.15, 0.2) is 5.82 Å². The summed E-state index contributed by atoms with van der Waals surface area (Å²) in [7, 11) is 0. The molecule has 1 amide bonds. The first-order valence-corrected chi connectivity index (χ1v) is 8.72. The van der Waals surface area contributed by atoms with Crippen molar-refractivity contribution in [3.8, 4) is 11.3 Å². The van der Waals surface area contributed by atoms with E-state index in [-0.39, 0.29) is 11.7 Å². The Labute approximate surface area is 156 Å². The van der Waals surface area contributed by atoms with Gasteiger partial charge in [-0.25, -0.2) is 9.97 Å². The van der Waals surface area contributed by atoms with Crippen LogP contribution in [0.4, 0.5) is 11.8 Å². The summed E-state index contributed by atoms with van der Waals surface area (Å²) in [5, 5.41) is 8.10. The van der Waals surface area contributed by atoms with Crippen molar-refractivity contribution in [2.45, 2.75) is 0 Å². The molecular formula is C19H19N7O. The predicted octanol–water partition coefficient (Wildman–Crippen LogP) is 1.48. The molecule has 2 aromatic heterocycles. The van der Waals surface area contributed by atoms with Crippen molar-refractivity contribution in [3.63, 3.8) is 0 Å². The van der Waals surface area contributed by atoms with E-state index in [9.17, 15) is 4.79 Å². The van der Waals surface area contributed by atoms with E-state index in [1.165, 1.54) is 0 Å². The van der Waals surface area contributed by atoms with Crippen LogP contribution in [0.3, 0.4) is 0 Å². The van der Waals surface area contributed by atoms with Crippen molar-refractivity contribution in [3.05, 3.63) is 60.4 Å². The van der Waals surface area contributed by atoms with Crippen LogP contribution < -0.4 is 10.6 Å². The van der Waals surface area contributed by atoms with E-state index in [2.05, 4.69) is 25.1 Å². The Kier molecular flexibility index (Phi) is 4.61. The van der Waals surface area contributed by atoms with E-state index in [0.717, 1.165) is 5.56 Å². The Hall–Kier alpha value is -3.55. The molecule has 0 saturated carbocycles. The average Bonchev–Trinajstić information content (AvgIpc) is 2.75. The molecule has 2 N–H and O–H groups in total. The van der Waals surface area contributed by atoms with Gasteiger partial charge in [-0.2, -0.15) is 0 Å². The van der Waals surface area contributed by atoms with Crippen LogP contribution in [0.2, 0.25) is 0 Å². The highest BCUT2D eigenvalue weighted by Gasteiger charge is 2.25. The lowest BCUT2D eigenvalue weighted by Gasteiger charge is -2.34. The third-order valence-corrected chi connectivity index (χ3v) is 4.52. The number of rotatable bonds is 3. The lowest BCUT2D eigenvalue weighted by atomic mass is 10.1. The largest absolute Gasteiger partial charge is 0.382 e. The van der Waals surface area contributed by atoms with Gasteiger partial charge < -0.3 is 15.5 Å². The van der Waals surface area contributed by atoms with E-state index in [1.54, 1.807) is 29.4 Å². The fraction of sp³-hybridized carbons (Fsp3) is 0.211. The molecule has 1 aromatic carbocycles. The molecule has 1 aliphatic heterocycles. The molecule has 1 fully saturated rings. The molecule has 0 unspecified atom stereocenters. The second-order valence-corrected chi connectivity index (χ2v) is 6.22. The summed E-state index contributed by atoms with van der Waals surface area (Å²) >= 11 is 0. The van der Waals surface area contributed by atoms with Crippen LogP contribution in [-0.2, 0) is 0 Å². The van der Waals surface area contributed by atoms with E-state index < -0.39 is 0 Å². The first-order valence-electron chi connectivity index (χ1n) is 8.72. The van der Waals surface area contributed by atoms with Crippen LogP contribution in [0.5, 0.6) is 0 Å². The fourth-order valence-corrected chi connectivity index (χ4v) is 3.06. The number of nitrogens with two attached hydrogens (primary N) is 1. The van der Waals surface area contributed by atoms with Crippen molar-refractivity contribution in [1.82, 2.24) is 25.1 Å². The smallest absolute Gasteiger partial charge is 0.257 e. The minimum Gasteiger partial charge on any atom is -0.382 e. The van der Waals surface area contributed by atoms with Gasteiger partial charge >= 0.3 is 0 Å². The zero-order chi connectivity index (χ0) is 18.6. The molecule has 1 aliphatic rings. The van der Waals surface area contributed by atoms with Crippen molar-refractivity contribution in [2.75, 3.05) is 36.8 Å². The lowest BCUT2D eigenvalue weighted by molar-refractivity contribution is 0.0747. The third kappa shape index (κ3) is 3.55. The van der Waals surface area contributed by atoms with Crippen LogP contribution in [0.15, 0.2) is 54.9 Å². The normalized spacial score (nSPS) is 14.2. The lowest BCUT2D eigenvalue weighted by Crippen LogP contribution is -2.49. The van der Waals surface area contributed by atoms with E-state index in [1.807, 2.05) is 30.3 Å². The van der Waals surface area contributed by atoms with E-state index in [4.69, 9.17) is 5.73 Å². The highest BCUT2D eigenvalue weighted by molar-refractivity contribution is 5.99. The number of piperazine rings is 1. The molecule has 1 saturated heterocycles. The second-order valence-electron chi connectivity index (χ2n) is 6.22. The van der Waals surface area contributed by atoms with Crippen LogP contribution in [-0.4, -0.2) is 57.2 Å². The average molecular weight is 361 g/mol. The fourth-order valence-electron chi connectivity index (χ4n) is 3.06. The Balaban J connectivity index is 1.50. The molecule has 0 radical (unpaired) electrons. The molecule has 0 aliphatic carbocycles. The standard InChI is InChI=1S/C19H19N7O/c20-17-15(13-16(23-24-17)14-5-2-1-3-6-14)18(27)25-9-11-26(12-10-25)19-21-7-4-8-22-19/h1-8,13H,9-12H2,(H2,20,24). The van der Waals surface area contributed by atoms with Gasteiger partial charge in [-0.05, 0) is 12.1 Å². The van der Waals surface area contributed by atoms with Gasteiger partial charge in [-0.1, -0.05) is 30.3 Å². The number of nitrogen functional groups attached to an aromatic ring is 1. The molecule has 8 heteroatoms. The molecule has 4 rings (SSSR count). The van der Waals surface area contributed by atoms with Gasteiger partial charge in [0.25, 0.3) is 5.91 Å². The monoisotopic (exact) mass is 361 g/mol. The topological polar surface area (TPSA) is 101 Å². The first-order chi connectivity index (χ1) is 13.2. The maximum absolute atomic E-state index is 13.0. The first kappa shape index (κ1) is 16.9. The van der Waals surface area contributed by atoms with Gasteiger partial charge in [0.05, 0.1) is 11.3 Å². The Bertz CT molecular complexity index is 925. The molecule has 0 bridgehead atoms. The molecule has 136 valence electrons. The van der Waals surface area contributed by atoms with Gasteiger partial charge in [-0.15, -0.1) is 10.2 Å². The third-order valence-electron chi connectivity index (χ3n) is 4.52. The van der Waals surface area contributed by atoms with E-state index in [0.29, 0.717) is 43.4 Å². The van der Waals surface area contributed by atoms with Gasteiger partial charge in [0.1, 0.15) is 0 Å². The highest BCUT2D eigenvalue weighted by atomic mass is 16.2. The zero-order valence-corrected chi connectivity index (χ0v) is 14.7. The number of aromatic nitrogens is 4. The van der Waals surface area contributed by atoms with Crippen molar-refractivity contribution in [2.24, 2.45) is 0 Å². The molecular weight excluding hydrogens is 342 g/mol. The van der Waals surface area contributed by atoms with E-state index >= 15 is 0 Å². The number of hydrogen-bond donors (Lipinski definition) is 1. The van der Waals surface area contributed by atoms with Crippen molar-refractivity contribution in [1.29, 1.82) is 0 Å². The molecule has 3 aromatic rings. The number of hydrogen-bond acceptors (Lipinski definition) is 7. The number of anilines is 2. The van der Waals surface area contributed by atoms with Gasteiger partial charge in [0, 0.05) is 44.1 Å². The summed E-state index contributed by atoms with van der Waals surface area (Å²) in [6, 6.07) is 13.1. The Morgan fingerprint density at radius 1 is 0.926 bits per heavy atom. The number of carbonyl (C=O) groups is 1. The van der Waals surface area contributed by atoms with Gasteiger partial charge in [-0.3, -0.25) is 4.79 Å². The molecule has 8 nitrogen and oxygen atoms in total. The molecule has 3 heterocycles. The van der Waals surface area contributed by atoms with Crippen LogP contribution >= 0.6 is 0 Å². The van der Waals surface area contributed by atoms with Crippen molar-refractivity contribution < 1.29 is 4.79 Å². The number of carbonyl (C=O) groups excluding carboxylic acids is 1. The SMILES string of the molecule is Nc1nnc(-c2ccccc2)cc1C(=O)N1CCN(c2ncccn2)CC1. The summed E-state index contributed by atoms with van der Waals surface area (Å²) in [4.78, 5) is 25.3. The maximum Gasteiger partial charge on any atom is 0.257 e. The maximum atomic E-state index is 13.0. The summed E-state index contributed by atoms with van der Waals surface area (Å²) in [5.41, 5.74) is 7.85. The summed E-state index contributed by atoms with van der Waals surface area (Å²) < 4.78 is 0.